The summed E-state index contributed by atoms with van der Waals surface area (Å²) >= 11 is 1.44. The number of aryl methyl sites for hydroxylation is 1. The average molecular weight is 405 g/mol. The molecule has 0 aliphatic carbocycles. The summed E-state index contributed by atoms with van der Waals surface area (Å²) in [5.74, 6) is -0.217. The monoisotopic (exact) mass is 405 g/mol. The molecule has 1 N–H and O–H groups in total. The van der Waals surface area contributed by atoms with Crippen molar-refractivity contribution in [3.63, 3.8) is 0 Å². The smallest absolute Gasteiger partial charge is 0.307 e. The Hall–Kier alpha value is -3.32. The first kappa shape index (κ1) is 19.0. The molecule has 1 atom stereocenters. The molecule has 1 unspecified atom stereocenters. The van der Waals surface area contributed by atoms with Gasteiger partial charge in [0.15, 0.2) is 5.78 Å². The number of carbonyl (C=O) groups is 1. The molecule has 2 heterocycles. The van der Waals surface area contributed by atoms with Gasteiger partial charge in [0.2, 0.25) is 0 Å². The molecular weight excluding hydrogens is 386 g/mol. The van der Waals surface area contributed by atoms with E-state index in [1.165, 1.54) is 11.3 Å². The summed E-state index contributed by atoms with van der Waals surface area (Å²) in [6.45, 7) is 1.92. The Balaban J connectivity index is 1.81. The number of aromatic nitrogens is 3. The first-order valence-electron chi connectivity index (χ1n) is 9.24. The van der Waals surface area contributed by atoms with Gasteiger partial charge in [0.1, 0.15) is 11.0 Å². The summed E-state index contributed by atoms with van der Waals surface area (Å²) in [5.41, 5.74) is 0.285. The number of H-pyrrole nitrogens is 1. The lowest BCUT2D eigenvalue weighted by molar-refractivity contribution is -0.121. The summed E-state index contributed by atoms with van der Waals surface area (Å²) in [7, 11) is 0. The quantitative estimate of drug-likeness (QED) is 0.534. The van der Waals surface area contributed by atoms with Crippen LogP contribution >= 0.6 is 11.3 Å². The fraction of sp³-hybridized carbons (Fsp3) is 0.182. The molecule has 7 heteroatoms. The van der Waals surface area contributed by atoms with E-state index < -0.39 is 17.3 Å². The van der Waals surface area contributed by atoms with Gasteiger partial charge in [-0.1, -0.05) is 42.5 Å². The Bertz CT molecular complexity index is 1290. The molecule has 0 fully saturated rings. The summed E-state index contributed by atoms with van der Waals surface area (Å²) < 4.78 is 1.05. The van der Waals surface area contributed by atoms with Crippen molar-refractivity contribution in [2.45, 2.75) is 25.8 Å². The van der Waals surface area contributed by atoms with Gasteiger partial charge in [-0.3, -0.25) is 9.59 Å². The first-order chi connectivity index (χ1) is 14.0. The number of benzene rings is 2. The lowest BCUT2D eigenvalue weighted by atomic mass is 10.00. The minimum absolute atomic E-state index is 0.0781. The van der Waals surface area contributed by atoms with Crippen LogP contribution in [0.4, 0.5) is 0 Å². The van der Waals surface area contributed by atoms with Crippen molar-refractivity contribution in [1.29, 1.82) is 0 Å². The Morgan fingerprint density at radius 2 is 1.83 bits per heavy atom. The maximum Gasteiger partial charge on any atom is 0.329 e. The van der Waals surface area contributed by atoms with Crippen LogP contribution in [-0.4, -0.2) is 20.3 Å². The molecule has 4 rings (SSSR count). The molecule has 4 aromatic rings. The van der Waals surface area contributed by atoms with E-state index in [1.54, 1.807) is 30.5 Å². The number of ketones is 1. The highest BCUT2D eigenvalue weighted by Crippen LogP contribution is 2.19. The first-order valence-corrected chi connectivity index (χ1v) is 10.1. The molecule has 0 saturated heterocycles. The number of hydrogen-bond acceptors (Lipinski definition) is 5. The Morgan fingerprint density at radius 3 is 2.55 bits per heavy atom. The lowest BCUT2D eigenvalue weighted by Crippen LogP contribution is -2.42. The molecule has 0 spiro atoms. The summed E-state index contributed by atoms with van der Waals surface area (Å²) in [6.07, 6.45) is 2.05. The van der Waals surface area contributed by atoms with Crippen LogP contribution in [0.3, 0.4) is 0 Å². The van der Waals surface area contributed by atoms with E-state index in [4.69, 9.17) is 0 Å². The number of aromatic amines is 1. The second-order valence-corrected chi connectivity index (χ2v) is 8.18. The molecule has 29 heavy (non-hydrogen) atoms. The van der Waals surface area contributed by atoms with Gasteiger partial charge in [-0.05, 0) is 24.6 Å². The Morgan fingerprint density at radius 1 is 1.10 bits per heavy atom. The number of thiazole rings is 1. The van der Waals surface area contributed by atoms with Gasteiger partial charge in [0.05, 0.1) is 17.3 Å². The van der Waals surface area contributed by atoms with Crippen LogP contribution in [0.2, 0.25) is 0 Å². The standard InChI is InChI=1S/C22H19N3O3S/c1-14-13-23-20(29-14)12-19(26)18(11-15-7-3-2-4-8-15)25-21(27)16-9-5-6-10-17(16)24-22(25)28/h2-10,13,18H,11-12H2,1H3,(H,24,28). The van der Waals surface area contributed by atoms with Crippen molar-refractivity contribution in [3.05, 3.63) is 97.1 Å². The predicted octanol–water partition coefficient (Wildman–Crippen LogP) is 3.05. The van der Waals surface area contributed by atoms with Gasteiger partial charge >= 0.3 is 5.69 Å². The molecule has 0 saturated carbocycles. The topological polar surface area (TPSA) is 84.8 Å². The molecular formula is C22H19N3O3S. The highest BCUT2D eigenvalue weighted by atomic mass is 32.1. The minimum atomic E-state index is -0.914. The second kappa shape index (κ2) is 7.97. The van der Waals surface area contributed by atoms with Gasteiger partial charge < -0.3 is 4.98 Å². The van der Waals surface area contributed by atoms with Gasteiger partial charge in [0.25, 0.3) is 5.56 Å². The van der Waals surface area contributed by atoms with Crippen molar-refractivity contribution in [2.24, 2.45) is 0 Å². The van der Waals surface area contributed by atoms with Gasteiger partial charge in [-0.2, -0.15) is 0 Å². The minimum Gasteiger partial charge on any atom is -0.307 e. The maximum atomic E-state index is 13.2. The van der Waals surface area contributed by atoms with E-state index in [0.717, 1.165) is 15.0 Å². The molecule has 0 aliphatic heterocycles. The van der Waals surface area contributed by atoms with E-state index in [1.807, 2.05) is 37.3 Å². The lowest BCUT2D eigenvalue weighted by Gasteiger charge is -2.18. The molecule has 6 nitrogen and oxygen atoms in total. The maximum absolute atomic E-state index is 13.2. The largest absolute Gasteiger partial charge is 0.329 e. The van der Waals surface area contributed by atoms with Crippen molar-refractivity contribution in [2.75, 3.05) is 0 Å². The van der Waals surface area contributed by atoms with Crippen LogP contribution < -0.4 is 11.2 Å². The van der Waals surface area contributed by atoms with Gasteiger partial charge in [-0.15, -0.1) is 11.3 Å². The molecule has 2 aromatic carbocycles. The summed E-state index contributed by atoms with van der Waals surface area (Å²) in [4.78, 5) is 47.1. The van der Waals surface area contributed by atoms with Crippen LogP contribution in [0.5, 0.6) is 0 Å². The number of hydrogen-bond donors (Lipinski definition) is 1. The van der Waals surface area contributed by atoms with E-state index in [9.17, 15) is 14.4 Å². The van der Waals surface area contributed by atoms with Gasteiger partial charge in [0, 0.05) is 17.5 Å². The number of fused-ring (bicyclic) bond motifs is 1. The number of para-hydroxylation sites is 1. The van der Waals surface area contributed by atoms with Crippen LogP contribution in [0.1, 0.15) is 21.5 Å². The molecule has 0 amide bonds. The third-order valence-corrected chi connectivity index (χ3v) is 5.70. The SMILES string of the molecule is Cc1cnc(CC(=O)C(Cc2ccccc2)n2c(=O)[nH]c3ccccc3c2=O)s1. The van der Waals surface area contributed by atoms with Crippen LogP contribution in [0.25, 0.3) is 10.9 Å². The predicted molar refractivity (Wildman–Crippen MR) is 114 cm³/mol. The van der Waals surface area contributed by atoms with E-state index in [-0.39, 0.29) is 18.6 Å². The number of nitrogens with one attached hydrogen (secondary N) is 1. The average Bonchev–Trinajstić information content (AvgIpc) is 3.12. The van der Waals surface area contributed by atoms with E-state index in [0.29, 0.717) is 15.9 Å². The van der Waals surface area contributed by atoms with E-state index >= 15 is 0 Å². The van der Waals surface area contributed by atoms with Crippen LogP contribution in [0.15, 0.2) is 70.4 Å². The number of Topliss-reactive ketones (excluding diaryl/α,β-unsaturated/α-hetero) is 1. The molecule has 146 valence electrons. The zero-order valence-corrected chi connectivity index (χ0v) is 16.6. The number of carbonyl (C=O) groups excluding carboxylic acids is 1. The molecule has 0 radical (unpaired) electrons. The molecule has 0 aliphatic rings. The Kier molecular flexibility index (Phi) is 5.22. The zero-order chi connectivity index (χ0) is 20.4. The highest BCUT2D eigenvalue weighted by Gasteiger charge is 2.26. The summed E-state index contributed by atoms with van der Waals surface area (Å²) in [5, 5.41) is 1.05. The van der Waals surface area contributed by atoms with Crippen LogP contribution in [0, 0.1) is 6.92 Å². The number of nitrogens with zero attached hydrogens (tertiary/aromatic N) is 2. The van der Waals surface area contributed by atoms with Crippen molar-refractivity contribution < 1.29 is 4.79 Å². The zero-order valence-electron chi connectivity index (χ0n) is 15.8. The van der Waals surface area contributed by atoms with Crippen LogP contribution in [-0.2, 0) is 17.6 Å². The van der Waals surface area contributed by atoms with Gasteiger partial charge in [-0.25, -0.2) is 14.3 Å². The number of rotatable bonds is 6. The van der Waals surface area contributed by atoms with Crippen molar-refractivity contribution in [3.8, 4) is 0 Å². The molecule has 0 bridgehead atoms. The third-order valence-electron chi connectivity index (χ3n) is 4.79. The highest BCUT2D eigenvalue weighted by molar-refractivity contribution is 7.11. The molecule has 2 aromatic heterocycles. The third kappa shape index (κ3) is 3.95. The fourth-order valence-electron chi connectivity index (χ4n) is 3.40. The van der Waals surface area contributed by atoms with Crippen molar-refractivity contribution in [1.82, 2.24) is 14.5 Å². The Labute approximate surface area is 170 Å². The summed E-state index contributed by atoms with van der Waals surface area (Å²) in [6, 6.07) is 15.3. The van der Waals surface area contributed by atoms with Crippen molar-refractivity contribution >= 4 is 28.0 Å². The second-order valence-electron chi connectivity index (χ2n) is 6.86. The van der Waals surface area contributed by atoms with E-state index in [2.05, 4.69) is 9.97 Å². The normalized spacial score (nSPS) is 12.2. The fourth-order valence-corrected chi connectivity index (χ4v) is 4.19.